The molecule has 1 rings (SSSR count). The third-order valence-corrected chi connectivity index (χ3v) is 2.89. The molecule has 0 N–H and O–H groups in total. The molecule has 0 heterocycles. The van der Waals surface area contributed by atoms with E-state index in [9.17, 15) is 0 Å². The molecule has 0 aliphatic carbocycles. The number of allylic oxidation sites excluding steroid dienone is 5. The van der Waals surface area contributed by atoms with Crippen LogP contribution in [0, 0.1) is 0 Å². The van der Waals surface area contributed by atoms with Gasteiger partial charge in [-0.25, -0.2) is 0 Å². The Kier molecular flexibility index (Phi) is 4.96. The highest BCUT2D eigenvalue weighted by atomic mass is 31.1. The molecule has 0 aliphatic rings. The van der Waals surface area contributed by atoms with Crippen LogP contribution in [0.4, 0.5) is 0 Å². The second-order valence-electron chi connectivity index (χ2n) is 2.96. The first-order valence-electron chi connectivity index (χ1n) is 4.61. The van der Waals surface area contributed by atoms with Gasteiger partial charge in [0.25, 0.3) is 0 Å². The van der Waals surface area contributed by atoms with Crippen LogP contribution in [-0.4, -0.2) is 0 Å². The summed E-state index contributed by atoms with van der Waals surface area (Å²) in [4.78, 5) is 0. The Morgan fingerprint density at radius 2 is 1.93 bits per heavy atom. The molecule has 0 aromatic heterocycles. The van der Waals surface area contributed by atoms with Gasteiger partial charge in [0, 0.05) is 0 Å². The van der Waals surface area contributed by atoms with E-state index < -0.39 is 0 Å². The molecule has 0 saturated carbocycles. The van der Waals surface area contributed by atoms with Crippen LogP contribution in [0.1, 0.15) is 6.92 Å². The van der Waals surface area contributed by atoms with Crippen LogP contribution in [0.2, 0.25) is 0 Å². The molecule has 0 fully saturated rings. The summed E-state index contributed by atoms with van der Waals surface area (Å²) in [6.07, 6.45) is 7.89. The zero-order valence-electron chi connectivity index (χ0n) is 8.40. The zero-order valence-corrected chi connectivity index (χ0v) is 9.40. The molecule has 1 aromatic rings. The maximum atomic E-state index is 3.63. The predicted molar refractivity (Wildman–Crippen MR) is 67.5 cm³/mol. The van der Waals surface area contributed by atoms with E-state index in [1.165, 1.54) is 10.6 Å². The van der Waals surface area contributed by atoms with Crippen molar-refractivity contribution in [3.63, 3.8) is 0 Å². The van der Waals surface area contributed by atoms with Crippen molar-refractivity contribution in [3.8, 4) is 0 Å². The molecular formula is C13H15P. The zero-order chi connectivity index (χ0) is 10.2. The minimum absolute atomic E-state index is 0.765. The average molecular weight is 202 g/mol. The van der Waals surface area contributed by atoms with E-state index in [2.05, 4.69) is 43.8 Å². The summed E-state index contributed by atoms with van der Waals surface area (Å²) >= 11 is 0. The third kappa shape index (κ3) is 4.20. The van der Waals surface area contributed by atoms with E-state index in [-0.39, 0.29) is 0 Å². The average Bonchev–Trinajstić information content (AvgIpc) is 2.20. The minimum Gasteiger partial charge on any atom is -0.0991 e. The number of hydrogen-bond acceptors (Lipinski definition) is 0. The highest BCUT2D eigenvalue weighted by molar-refractivity contribution is 7.51. The molecule has 0 amide bonds. The second-order valence-corrected chi connectivity index (χ2v) is 4.58. The molecule has 1 unspecified atom stereocenters. The van der Waals surface area contributed by atoms with Crippen molar-refractivity contribution >= 4 is 13.9 Å². The first-order chi connectivity index (χ1) is 6.83. The van der Waals surface area contributed by atoms with E-state index in [1.54, 1.807) is 6.08 Å². The van der Waals surface area contributed by atoms with Gasteiger partial charge in [0.1, 0.15) is 0 Å². The normalized spacial score (nSPS) is 12.8. The predicted octanol–water partition coefficient (Wildman–Crippen LogP) is 3.64. The van der Waals surface area contributed by atoms with Gasteiger partial charge in [0.05, 0.1) is 0 Å². The van der Waals surface area contributed by atoms with E-state index >= 15 is 0 Å². The Labute approximate surface area is 87.8 Å². The minimum atomic E-state index is 0.765. The lowest BCUT2D eigenvalue weighted by molar-refractivity contribution is 1.66. The number of hydrogen-bond donors (Lipinski definition) is 0. The summed E-state index contributed by atoms with van der Waals surface area (Å²) in [5.74, 6) is 0. The van der Waals surface area contributed by atoms with Crippen molar-refractivity contribution in [1.29, 1.82) is 0 Å². The molecule has 0 nitrogen and oxygen atoms in total. The second kappa shape index (κ2) is 6.34. The van der Waals surface area contributed by atoms with Gasteiger partial charge in [0.2, 0.25) is 0 Å². The Balaban J connectivity index is 2.57. The lowest BCUT2D eigenvalue weighted by atomic mass is 10.4. The molecule has 0 saturated heterocycles. The fraction of sp³-hybridized carbons (Fsp3) is 0.0769. The largest absolute Gasteiger partial charge is 0.0991 e. The van der Waals surface area contributed by atoms with Crippen LogP contribution in [0.3, 0.4) is 0 Å². The Morgan fingerprint density at radius 3 is 2.57 bits per heavy atom. The molecule has 0 aliphatic heterocycles. The van der Waals surface area contributed by atoms with E-state index in [4.69, 9.17) is 0 Å². The van der Waals surface area contributed by atoms with Gasteiger partial charge in [-0.15, -0.1) is 0 Å². The Hall–Kier alpha value is -1.13. The van der Waals surface area contributed by atoms with Crippen LogP contribution in [0.5, 0.6) is 0 Å². The molecule has 1 heteroatoms. The molecule has 1 aromatic carbocycles. The van der Waals surface area contributed by atoms with Gasteiger partial charge in [-0.05, 0) is 17.5 Å². The van der Waals surface area contributed by atoms with E-state index in [1.807, 2.05) is 18.2 Å². The summed E-state index contributed by atoms with van der Waals surface area (Å²) in [5, 5.41) is 2.77. The molecule has 1 atom stereocenters. The van der Waals surface area contributed by atoms with Crippen LogP contribution >= 0.6 is 8.58 Å². The fourth-order valence-electron chi connectivity index (χ4n) is 1.07. The molecular weight excluding hydrogens is 187 g/mol. The van der Waals surface area contributed by atoms with Crippen molar-refractivity contribution in [2.75, 3.05) is 0 Å². The molecule has 0 spiro atoms. The molecule has 0 bridgehead atoms. The monoisotopic (exact) mass is 202 g/mol. The summed E-state index contributed by atoms with van der Waals surface area (Å²) in [6.45, 7) is 5.78. The summed E-state index contributed by atoms with van der Waals surface area (Å²) in [7, 11) is 0.765. The van der Waals surface area contributed by atoms with Crippen LogP contribution in [0.25, 0.3) is 0 Å². The summed E-state index contributed by atoms with van der Waals surface area (Å²) in [6, 6.07) is 10.5. The van der Waals surface area contributed by atoms with Crippen LogP contribution < -0.4 is 5.30 Å². The van der Waals surface area contributed by atoms with Crippen molar-refractivity contribution in [2.45, 2.75) is 6.92 Å². The van der Waals surface area contributed by atoms with Crippen molar-refractivity contribution < 1.29 is 0 Å². The maximum Gasteiger partial charge on any atom is -0.0230 e. The van der Waals surface area contributed by atoms with Gasteiger partial charge >= 0.3 is 0 Å². The smallest absolute Gasteiger partial charge is 0.0230 e. The fourth-order valence-corrected chi connectivity index (χ4v) is 2.06. The Bertz CT molecular complexity index is 334. The first-order valence-corrected chi connectivity index (χ1v) is 5.61. The standard InChI is InChI=1S/C13H15P/c1-3-4-6-9-12(2)14-13-10-7-5-8-11-13/h3-11,14H,1H2,2H3/b6-4-,12-9+. The maximum absolute atomic E-state index is 3.63. The summed E-state index contributed by atoms with van der Waals surface area (Å²) in [5.41, 5.74) is 0. The number of benzene rings is 1. The van der Waals surface area contributed by atoms with Crippen molar-refractivity contribution in [1.82, 2.24) is 0 Å². The highest BCUT2D eigenvalue weighted by Crippen LogP contribution is 2.21. The summed E-state index contributed by atoms with van der Waals surface area (Å²) < 4.78 is 0. The SMILES string of the molecule is C=C/C=C\C=C(/C)Pc1ccccc1. The third-order valence-electron chi connectivity index (χ3n) is 1.71. The van der Waals surface area contributed by atoms with E-state index in [0.717, 1.165) is 8.58 Å². The topological polar surface area (TPSA) is 0 Å². The lowest BCUT2D eigenvalue weighted by Gasteiger charge is -1.99. The van der Waals surface area contributed by atoms with Gasteiger partial charge in [0.15, 0.2) is 0 Å². The van der Waals surface area contributed by atoms with Gasteiger partial charge in [-0.1, -0.05) is 69.8 Å². The molecule has 14 heavy (non-hydrogen) atoms. The van der Waals surface area contributed by atoms with Gasteiger partial charge in [-0.2, -0.15) is 0 Å². The van der Waals surface area contributed by atoms with Crippen molar-refractivity contribution in [3.05, 3.63) is 66.5 Å². The first kappa shape index (κ1) is 10.9. The van der Waals surface area contributed by atoms with Gasteiger partial charge in [-0.3, -0.25) is 0 Å². The highest BCUT2D eigenvalue weighted by Gasteiger charge is 1.90. The lowest BCUT2D eigenvalue weighted by Crippen LogP contribution is -1.90. The number of rotatable bonds is 4. The Morgan fingerprint density at radius 1 is 1.21 bits per heavy atom. The van der Waals surface area contributed by atoms with Crippen LogP contribution in [0.15, 0.2) is 66.5 Å². The van der Waals surface area contributed by atoms with Gasteiger partial charge < -0.3 is 0 Å². The molecule has 72 valence electrons. The van der Waals surface area contributed by atoms with E-state index in [0.29, 0.717) is 0 Å². The molecule has 0 radical (unpaired) electrons. The quantitative estimate of drug-likeness (QED) is 0.516. The van der Waals surface area contributed by atoms with Crippen LogP contribution in [-0.2, 0) is 0 Å². The van der Waals surface area contributed by atoms with Crippen molar-refractivity contribution in [2.24, 2.45) is 0 Å².